The first-order valence-electron chi connectivity index (χ1n) is 12.1. The van der Waals surface area contributed by atoms with E-state index in [2.05, 4.69) is 15.0 Å². The summed E-state index contributed by atoms with van der Waals surface area (Å²) in [4.78, 5) is 33.0. The maximum absolute atomic E-state index is 13.3. The second-order valence-corrected chi connectivity index (χ2v) is 9.85. The van der Waals surface area contributed by atoms with Gasteiger partial charge in [0.15, 0.2) is 11.6 Å². The van der Waals surface area contributed by atoms with Crippen molar-refractivity contribution in [3.05, 3.63) is 63.8 Å². The first kappa shape index (κ1) is 24.4. The lowest BCUT2D eigenvalue weighted by molar-refractivity contribution is -0.120. The van der Waals surface area contributed by atoms with Crippen LogP contribution in [-0.4, -0.2) is 49.6 Å². The molecule has 34 heavy (non-hydrogen) atoms. The molecule has 1 aromatic carbocycles. The third kappa shape index (κ3) is 6.02. The van der Waals surface area contributed by atoms with Gasteiger partial charge in [0.2, 0.25) is 0 Å². The van der Waals surface area contributed by atoms with Gasteiger partial charge in [-0.15, -0.1) is 5.10 Å². The van der Waals surface area contributed by atoms with Gasteiger partial charge < -0.3 is 4.90 Å². The summed E-state index contributed by atoms with van der Waals surface area (Å²) in [5, 5.41) is 5.12. The third-order valence-electron chi connectivity index (χ3n) is 6.10. The predicted molar refractivity (Wildman–Crippen MR) is 135 cm³/mol. The van der Waals surface area contributed by atoms with Gasteiger partial charge in [0, 0.05) is 35.7 Å². The summed E-state index contributed by atoms with van der Waals surface area (Å²) in [5.41, 5.74) is 1.88. The molecule has 8 heteroatoms. The smallest absolute Gasteiger partial charge is 0.303 e. The number of nitrogens with zero attached hydrogens (tertiary/aromatic N) is 5. The Morgan fingerprint density at radius 3 is 2.59 bits per heavy atom. The van der Waals surface area contributed by atoms with Crippen LogP contribution in [0.3, 0.4) is 0 Å². The first-order valence-corrected chi connectivity index (χ1v) is 12.4. The molecule has 1 saturated heterocycles. The molecule has 3 heterocycles. The van der Waals surface area contributed by atoms with Crippen LogP contribution in [0.2, 0.25) is 5.02 Å². The van der Waals surface area contributed by atoms with E-state index in [1.807, 2.05) is 32.0 Å². The van der Waals surface area contributed by atoms with Crippen molar-refractivity contribution < 1.29 is 4.79 Å². The number of rotatable bonds is 9. The van der Waals surface area contributed by atoms with Gasteiger partial charge in [-0.25, -0.2) is 4.79 Å². The second kappa shape index (κ2) is 11.1. The minimum atomic E-state index is -0.366. The highest BCUT2D eigenvalue weighted by Crippen LogP contribution is 2.21. The molecular weight excluding hydrogens is 450 g/mol. The van der Waals surface area contributed by atoms with Gasteiger partial charge in [-0.3, -0.25) is 14.3 Å². The monoisotopic (exact) mass is 481 g/mol. The quantitative estimate of drug-likeness (QED) is 0.453. The van der Waals surface area contributed by atoms with Crippen LogP contribution < -0.4 is 5.69 Å². The van der Waals surface area contributed by atoms with E-state index in [9.17, 15) is 9.59 Å². The van der Waals surface area contributed by atoms with E-state index in [1.165, 1.54) is 28.5 Å². The Labute approximate surface area is 205 Å². The van der Waals surface area contributed by atoms with Crippen LogP contribution in [0.25, 0.3) is 17.1 Å². The standard InChI is InChI=1S/C26H32ClN5O2/c1-19(2)15-24(33)18-31-25(20-7-6-8-21(27)16-20)29-32(26(31)34)23-10-9-22(28-17-23)11-14-30-12-4-3-5-13-30/h6-10,16-17,19H,3-5,11-15,18H2,1-2H3. The van der Waals surface area contributed by atoms with Crippen LogP contribution in [0.4, 0.5) is 0 Å². The van der Waals surface area contributed by atoms with E-state index >= 15 is 0 Å². The van der Waals surface area contributed by atoms with E-state index in [0.717, 1.165) is 31.7 Å². The number of carbonyl (C=O) groups is 1. The van der Waals surface area contributed by atoms with Crippen LogP contribution in [0.5, 0.6) is 0 Å². The molecule has 1 aliphatic rings. The Kier molecular flexibility index (Phi) is 7.95. The van der Waals surface area contributed by atoms with Gasteiger partial charge >= 0.3 is 5.69 Å². The molecule has 0 radical (unpaired) electrons. The van der Waals surface area contributed by atoms with Crippen LogP contribution >= 0.6 is 11.6 Å². The van der Waals surface area contributed by atoms with E-state index in [4.69, 9.17) is 11.6 Å². The van der Waals surface area contributed by atoms with Crippen LogP contribution in [0, 0.1) is 5.92 Å². The fraction of sp³-hybridized carbons (Fsp3) is 0.462. The Balaban J connectivity index is 1.60. The van der Waals surface area contributed by atoms with Crippen molar-refractivity contribution in [2.75, 3.05) is 19.6 Å². The molecule has 0 spiro atoms. The third-order valence-corrected chi connectivity index (χ3v) is 6.34. The number of aromatic nitrogens is 4. The molecule has 180 valence electrons. The van der Waals surface area contributed by atoms with Crippen molar-refractivity contribution in [2.24, 2.45) is 5.92 Å². The number of hydrogen-bond donors (Lipinski definition) is 0. The molecule has 0 atom stereocenters. The number of Topliss-reactive ketones (excluding diaryl/α,β-unsaturated/α-hetero) is 1. The van der Waals surface area contributed by atoms with Crippen molar-refractivity contribution in [1.29, 1.82) is 0 Å². The zero-order chi connectivity index (χ0) is 24.1. The first-order chi connectivity index (χ1) is 16.4. The van der Waals surface area contributed by atoms with Gasteiger partial charge in [-0.05, 0) is 56.1 Å². The predicted octanol–water partition coefficient (Wildman–Crippen LogP) is 4.39. The number of likely N-dealkylation sites (tertiary alicyclic amines) is 1. The lowest BCUT2D eigenvalue weighted by Gasteiger charge is -2.26. The molecule has 1 fully saturated rings. The second-order valence-electron chi connectivity index (χ2n) is 9.41. The largest absolute Gasteiger partial charge is 0.351 e. The van der Waals surface area contributed by atoms with Crippen molar-refractivity contribution in [3.8, 4) is 17.1 Å². The summed E-state index contributed by atoms with van der Waals surface area (Å²) in [6.45, 7) is 7.26. The maximum Gasteiger partial charge on any atom is 0.351 e. The zero-order valence-electron chi connectivity index (χ0n) is 19.9. The Bertz CT molecular complexity index is 1180. The van der Waals surface area contributed by atoms with Gasteiger partial charge in [0.1, 0.15) is 0 Å². The molecular formula is C26H32ClN5O2. The molecule has 7 nitrogen and oxygen atoms in total. The van der Waals surface area contributed by atoms with Crippen molar-refractivity contribution in [1.82, 2.24) is 24.2 Å². The average molecular weight is 482 g/mol. The highest BCUT2D eigenvalue weighted by Gasteiger charge is 2.20. The summed E-state index contributed by atoms with van der Waals surface area (Å²) >= 11 is 6.19. The molecule has 1 aliphatic heterocycles. The summed E-state index contributed by atoms with van der Waals surface area (Å²) in [7, 11) is 0. The number of halogens is 1. The van der Waals surface area contributed by atoms with E-state index < -0.39 is 0 Å². The lowest BCUT2D eigenvalue weighted by Crippen LogP contribution is -2.31. The van der Waals surface area contributed by atoms with Crippen LogP contribution in [0.15, 0.2) is 47.4 Å². The minimum Gasteiger partial charge on any atom is -0.303 e. The molecule has 0 amide bonds. The molecule has 0 bridgehead atoms. The summed E-state index contributed by atoms with van der Waals surface area (Å²) in [6.07, 6.45) is 6.83. The number of piperidine rings is 1. The van der Waals surface area contributed by atoms with Gasteiger partial charge in [-0.2, -0.15) is 4.68 Å². The number of benzene rings is 1. The Morgan fingerprint density at radius 1 is 1.12 bits per heavy atom. The summed E-state index contributed by atoms with van der Waals surface area (Å²) < 4.78 is 2.75. The summed E-state index contributed by atoms with van der Waals surface area (Å²) in [5.74, 6) is 0.624. The fourth-order valence-electron chi connectivity index (χ4n) is 4.39. The summed E-state index contributed by atoms with van der Waals surface area (Å²) in [6, 6.07) is 11.0. The van der Waals surface area contributed by atoms with Crippen LogP contribution in [0.1, 0.15) is 45.2 Å². The maximum atomic E-state index is 13.3. The van der Waals surface area contributed by atoms with E-state index in [-0.39, 0.29) is 23.9 Å². The molecule has 0 aliphatic carbocycles. The van der Waals surface area contributed by atoms with Gasteiger partial charge in [0.05, 0.1) is 18.4 Å². The SMILES string of the molecule is CC(C)CC(=O)Cn1c(-c2cccc(Cl)c2)nn(-c2ccc(CCN3CCCCC3)nc2)c1=O. The van der Waals surface area contributed by atoms with Crippen molar-refractivity contribution in [2.45, 2.75) is 52.5 Å². The molecule has 0 N–H and O–H groups in total. The van der Waals surface area contributed by atoms with Gasteiger partial charge in [0.25, 0.3) is 0 Å². The van der Waals surface area contributed by atoms with Crippen LogP contribution in [-0.2, 0) is 17.8 Å². The molecule has 0 saturated carbocycles. The normalized spacial score (nSPS) is 14.6. The molecule has 2 aromatic heterocycles. The topological polar surface area (TPSA) is 73.0 Å². The van der Waals surface area contributed by atoms with E-state index in [0.29, 0.717) is 28.5 Å². The van der Waals surface area contributed by atoms with Crippen molar-refractivity contribution >= 4 is 17.4 Å². The Morgan fingerprint density at radius 2 is 1.91 bits per heavy atom. The highest BCUT2D eigenvalue weighted by atomic mass is 35.5. The highest BCUT2D eigenvalue weighted by molar-refractivity contribution is 6.30. The van der Waals surface area contributed by atoms with Crippen molar-refractivity contribution in [3.63, 3.8) is 0 Å². The zero-order valence-corrected chi connectivity index (χ0v) is 20.7. The van der Waals surface area contributed by atoms with E-state index in [1.54, 1.807) is 24.4 Å². The number of carbonyl (C=O) groups excluding carboxylic acids is 1. The lowest BCUT2D eigenvalue weighted by atomic mass is 10.1. The molecule has 4 rings (SSSR count). The number of hydrogen-bond acceptors (Lipinski definition) is 5. The molecule has 3 aromatic rings. The molecule has 0 unspecified atom stereocenters. The van der Waals surface area contributed by atoms with Gasteiger partial charge in [-0.1, -0.05) is 44.0 Å². The minimum absolute atomic E-state index is 0.00823. The average Bonchev–Trinajstić information content (AvgIpc) is 3.14. The number of ketones is 1. The number of pyridine rings is 1. The fourth-order valence-corrected chi connectivity index (χ4v) is 4.58. The Hall–Kier alpha value is -2.77.